The molecular weight excluding hydrogens is 248 g/mol. The molecule has 0 radical (unpaired) electrons. The Morgan fingerprint density at radius 2 is 2.06 bits per heavy atom. The Labute approximate surface area is 113 Å². The molecule has 3 heteroatoms. The second-order valence-electron chi connectivity index (χ2n) is 4.25. The maximum absolute atomic E-state index is 6.43. The lowest BCUT2D eigenvalue weighted by atomic mass is 10.1. The molecule has 0 aliphatic carbocycles. The SMILES string of the molecule is CCc1ccc(C(Cl)c2ccc(OC)c(C)c2)o1. The average molecular weight is 265 g/mol. The van der Waals surface area contributed by atoms with Crippen molar-refractivity contribution in [2.45, 2.75) is 25.6 Å². The van der Waals surface area contributed by atoms with Crippen LogP contribution in [-0.4, -0.2) is 7.11 Å². The number of rotatable bonds is 4. The Kier molecular flexibility index (Phi) is 3.97. The molecule has 96 valence electrons. The molecule has 18 heavy (non-hydrogen) atoms. The first-order valence-electron chi connectivity index (χ1n) is 6.03. The van der Waals surface area contributed by atoms with Gasteiger partial charge in [0.2, 0.25) is 0 Å². The lowest BCUT2D eigenvalue weighted by Gasteiger charge is -2.10. The van der Waals surface area contributed by atoms with E-state index in [1.807, 2.05) is 37.3 Å². The van der Waals surface area contributed by atoms with E-state index in [1.54, 1.807) is 7.11 Å². The Morgan fingerprint density at radius 3 is 2.61 bits per heavy atom. The van der Waals surface area contributed by atoms with Crippen molar-refractivity contribution in [3.63, 3.8) is 0 Å². The van der Waals surface area contributed by atoms with Crippen molar-refractivity contribution in [2.75, 3.05) is 7.11 Å². The summed E-state index contributed by atoms with van der Waals surface area (Å²) in [6.45, 7) is 4.06. The van der Waals surface area contributed by atoms with Gasteiger partial charge in [-0.1, -0.05) is 19.1 Å². The lowest BCUT2D eigenvalue weighted by Crippen LogP contribution is -1.94. The number of furan rings is 1. The van der Waals surface area contributed by atoms with Gasteiger partial charge < -0.3 is 9.15 Å². The van der Waals surface area contributed by atoms with E-state index < -0.39 is 0 Å². The molecule has 1 heterocycles. The van der Waals surface area contributed by atoms with Crippen molar-refractivity contribution in [1.82, 2.24) is 0 Å². The van der Waals surface area contributed by atoms with E-state index in [0.717, 1.165) is 34.8 Å². The summed E-state index contributed by atoms with van der Waals surface area (Å²) < 4.78 is 10.9. The molecule has 0 amide bonds. The Morgan fingerprint density at radius 1 is 1.28 bits per heavy atom. The largest absolute Gasteiger partial charge is 0.496 e. The fraction of sp³-hybridized carbons (Fsp3) is 0.333. The van der Waals surface area contributed by atoms with Crippen LogP contribution in [0.25, 0.3) is 0 Å². The van der Waals surface area contributed by atoms with Crippen molar-refractivity contribution < 1.29 is 9.15 Å². The molecule has 0 spiro atoms. The van der Waals surface area contributed by atoms with E-state index in [0.29, 0.717) is 0 Å². The summed E-state index contributed by atoms with van der Waals surface area (Å²) in [5.74, 6) is 2.62. The lowest BCUT2D eigenvalue weighted by molar-refractivity contribution is 0.411. The van der Waals surface area contributed by atoms with E-state index in [2.05, 4.69) is 6.92 Å². The van der Waals surface area contributed by atoms with Gasteiger partial charge in [-0.25, -0.2) is 0 Å². The Hall–Kier alpha value is -1.41. The molecule has 1 unspecified atom stereocenters. The Balaban J connectivity index is 2.27. The van der Waals surface area contributed by atoms with Crippen LogP contribution in [-0.2, 0) is 6.42 Å². The first-order valence-corrected chi connectivity index (χ1v) is 6.46. The van der Waals surface area contributed by atoms with Crippen LogP contribution in [0.15, 0.2) is 34.7 Å². The van der Waals surface area contributed by atoms with Crippen LogP contribution in [0.4, 0.5) is 0 Å². The van der Waals surface area contributed by atoms with Crippen molar-refractivity contribution in [1.29, 1.82) is 0 Å². The first kappa shape index (κ1) is 13.0. The van der Waals surface area contributed by atoms with Crippen molar-refractivity contribution >= 4 is 11.6 Å². The highest BCUT2D eigenvalue weighted by Gasteiger charge is 2.15. The number of benzene rings is 1. The molecule has 0 aliphatic heterocycles. The number of ether oxygens (including phenoxy) is 1. The van der Waals surface area contributed by atoms with Gasteiger partial charge in [0.15, 0.2) is 0 Å². The maximum Gasteiger partial charge on any atom is 0.126 e. The van der Waals surface area contributed by atoms with Gasteiger partial charge in [0, 0.05) is 6.42 Å². The predicted octanol–water partition coefficient (Wildman–Crippen LogP) is 4.49. The third-order valence-corrected chi connectivity index (χ3v) is 3.46. The quantitative estimate of drug-likeness (QED) is 0.760. The molecule has 2 rings (SSSR count). The normalized spacial score (nSPS) is 12.4. The minimum absolute atomic E-state index is 0.255. The van der Waals surface area contributed by atoms with Gasteiger partial charge in [0.05, 0.1) is 7.11 Å². The number of aryl methyl sites for hydroxylation is 2. The molecule has 2 nitrogen and oxygen atoms in total. The Bertz CT molecular complexity index is 531. The molecule has 1 aromatic carbocycles. The van der Waals surface area contributed by atoms with Crippen LogP contribution in [0.2, 0.25) is 0 Å². The van der Waals surface area contributed by atoms with Crippen LogP contribution in [0, 0.1) is 6.92 Å². The molecule has 1 aromatic heterocycles. The number of methoxy groups -OCH3 is 1. The molecule has 1 atom stereocenters. The summed E-state index contributed by atoms with van der Waals surface area (Å²) in [7, 11) is 1.67. The van der Waals surface area contributed by atoms with Gasteiger partial charge in [0.1, 0.15) is 22.6 Å². The topological polar surface area (TPSA) is 22.4 Å². The van der Waals surface area contributed by atoms with Crippen LogP contribution in [0.1, 0.15) is 34.9 Å². The molecule has 0 saturated carbocycles. The van der Waals surface area contributed by atoms with Gasteiger partial charge in [-0.2, -0.15) is 0 Å². The van der Waals surface area contributed by atoms with Crippen LogP contribution in [0.5, 0.6) is 5.75 Å². The average Bonchev–Trinajstić information content (AvgIpc) is 2.86. The monoisotopic (exact) mass is 264 g/mol. The van der Waals surface area contributed by atoms with Gasteiger partial charge in [-0.3, -0.25) is 0 Å². The zero-order valence-electron chi connectivity index (χ0n) is 10.9. The zero-order valence-corrected chi connectivity index (χ0v) is 11.6. The minimum atomic E-state index is -0.255. The van der Waals surface area contributed by atoms with Crippen LogP contribution in [0.3, 0.4) is 0 Å². The fourth-order valence-electron chi connectivity index (χ4n) is 1.94. The number of halogens is 1. The zero-order chi connectivity index (χ0) is 13.1. The molecule has 0 saturated heterocycles. The van der Waals surface area contributed by atoms with Crippen LogP contribution < -0.4 is 4.74 Å². The van der Waals surface area contributed by atoms with E-state index in [9.17, 15) is 0 Å². The van der Waals surface area contributed by atoms with Crippen LogP contribution >= 0.6 is 11.6 Å². The molecular formula is C15H17ClO2. The van der Waals surface area contributed by atoms with Gasteiger partial charge in [-0.15, -0.1) is 11.6 Å². The van der Waals surface area contributed by atoms with Crippen molar-refractivity contribution in [2.24, 2.45) is 0 Å². The predicted molar refractivity (Wildman–Crippen MR) is 73.5 cm³/mol. The van der Waals surface area contributed by atoms with E-state index in [4.69, 9.17) is 20.8 Å². The van der Waals surface area contributed by atoms with Gasteiger partial charge in [0.25, 0.3) is 0 Å². The number of hydrogen-bond donors (Lipinski definition) is 0. The second kappa shape index (κ2) is 5.49. The second-order valence-corrected chi connectivity index (χ2v) is 4.69. The fourth-order valence-corrected chi connectivity index (χ4v) is 2.20. The standard InChI is InChI=1S/C15H17ClO2/c1-4-12-6-8-14(18-12)15(16)11-5-7-13(17-3)10(2)9-11/h5-9,15H,4H2,1-3H3. The highest BCUT2D eigenvalue weighted by atomic mass is 35.5. The summed E-state index contributed by atoms with van der Waals surface area (Å²) in [4.78, 5) is 0. The van der Waals surface area contributed by atoms with E-state index in [1.165, 1.54) is 0 Å². The summed E-state index contributed by atoms with van der Waals surface area (Å²) >= 11 is 6.43. The van der Waals surface area contributed by atoms with E-state index in [-0.39, 0.29) is 5.38 Å². The highest BCUT2D eigenvalue weighted by molar-refractivity contribution is 6.22. The molecule has 2 aromatic rings. The van der Waals surface area contributed by atoms with Gasteiger partial charge >= 0.3 is 0 Å². The van der Waals surface area contributed by atoms with Gasteiger partial charge in [-0.05, 0) is 36.2 Å². The minimum Gasteiger partial charge on any atom is -0.496 e. The summed E-state index contributed by atoms with van der Waals surface area (Å²) in [5.41, 5.74) is 2.09. The molecule has 0 N–H and O–H groups in total. The summed E-state index contributed by atoms with van der Waals surface area (Å²) in [5, 5.41) is -0.255. The summed E-state index contributed by atoms with van der Waals surface area (Å²) in [6, 6.07) is 9.85. The summed E-state index contributed by atoms with van der Waals surface area (Å²) in [6.07, 6.45) is 0.880. The third kappa shape index (κ3) is 2.54. The van der Waals surface area contributed by atoms with Crippen molar-refractivity contribution in [3.8, 4) is 5.75 Å². The van der Waals surface area contributed by atoms with E-state index >= 15 is 0 Å². The first-order chi connectivity index (χ1) is 8.65. The molecule has 0 fully saturated rings. The smallest absolute Gasteiger partial charge is 0.126 e. The highest BCUT2D eigenvalue weighted by Crippen LogP contribution is 2.32. The number of hydrogen-bond acceptors (Lipinski definition) is 2. The molecule has 0 bridgehead atoms. The molecule has 0 aliphatic rings. The van der Waals surface area contributed by atoms with Crippen molar-refractivity contribution in [3.05, 3.63) is 53.0 Å². The third-order valence-electron chi connectivity index (χ3n) is 2.99. The number of alkyl halides is 1. The maximum atomic E-state index is 6.43.